The van der Waals surface area contributed by atoms with E-state index >= 15 is 0 Å². The Balaban J connectivity index is 2.00. The van der Waals surface area contributed by atoms with Crippen LogP contribution in [0.15, 0.2) is 42.6 Å². The molecule has 2 aromatic rings. The van der Waals surface area contributed by atoms with Crippen molar-refractivity contribution < 1.29 is 41.7 Å². The van der Waals surface area contributed by atoms with E-state index in [-0.39, 0.29) is 12.3 Å². The molecule has 30 heavy (non-hydrogen) atoms. The molecule has 0 spiro atoms. The average Bonchev–Trinajstić information content (AvgIpc) is 2.68. The van der Waals surface area contributed by atoms with Crippen LogP contribution in [0.5, 0.6) is 17.4 Å². The first-order chi connectivity index (χ1) is 14.1. The number of hydrogen-bond donors (Lipinski definition) is 0. The third kappa shape index (κ3) is 6.94. The van der Waals surface area contributed by atoms with Gasteiger partial charge in [0.2, 0.25) is 5.88 Å². The smallest absolute Gasteiger partial charge is 0.417 e. The Morgan fingerprint density at radius 1 is 1.07 bits per heavy atom. The van der Waals surface area contributed by atoms with Crippen LogP contribution in [0.3, 0.4) is 0 Å². The second-order valence-corrected chi connectivity index (χ2v) is 6.21. The van der Waals surface area contributed by atoms with Crippen molar-refractivity contribution in [1.82, 2.24) is 4.98 Å². The molecular weight excluding hydrogens is 407 g/mol. The van der Waals surface area contributed by atoms with E-state index in [0.29, 0.717) is 17.7 Å². The predicted molar refractivity (Wildman–Crippen MR) is 98.0 cm³/mol. The largest absolute Gasteiger partial charge is 0.487 e. The van der Waals surface area contributed by atoms with Crippen LogP contribution in [0, 0.1) is 0 Å². The zero-order chi connectivity index (χ0) is 22.3. The molecule has 10 heteroatoms. The molecule has 0 saturated carbocycles. The third-order valence-corrected chi connectivity index (χ3v) is 3.87. The van der Waals surface area contributed by atoms with Crippen molar-refractivity contribution >= 4 is 11.9 Å². The number of nitrogens with zero attached hydrogens (tertiary/aromatic N) is 1. The molecule has 0 amide bonds. The lowest BCUT2D eigenvalue weighted by Gasteiger charge is -2.23. The van der Waals surface area contributed by atoms with E-state index in [0.717, 1.165) is 12.1 Å². The van der Waals surface area contributed by atoms with Gasteiger partial charge in [0.05, 0.1) is 19.1 Å². The number of ether oxygens (including phenoxy) is 4. The van der Waals surface area contributed by atoms with Gasteiger partial charge in [0, 0.05) is 19.2 Å². The molecule has 1 heterocycles. The van der Waals surface area contributed by atoms with Crippen LogP contribution in [0.25, 0.3) is 0 Å². The fraction of sp³-hybridized carbons (Fsp3) is 0.350. The Morgan fingerprint density at radius 3 is 2.20 bits per heavy atom. The number of carbonyl (C=O) groups is 2. The van der Waals surface area contributed by atoms with Crippen molar-refractivity contribution in [1.29, 1.82) is 0 Å². The lowest BCUT2D eigenvalue weighted by atomic mass is 10.1. The van der Waals surface area contributed by atoms with Crippen LogP contribution in [-0.2, 0) is 25.2 Å². The molecule has 7 nitrogen and oxygen atoms in total. The van der Waals surface area contributed by atoms with Gasteiger partial charge >= 0.3 is 18.1 Å². The molecule has 0 saturated heterocycles. The summed E-state index contributed by atoms with van der Waals surface area (Å²) >= 11 is 0. The molecule has 2 rings (SSSR count). The number of methoxy groups -OCH3 is 1. The minimum atomic E-state index is -4.47. The maximum absolute atomic E-state index is 12.6. The van der Waals surface area contributed by atoms with Crippen molar-refractivity contribution in [2.24, 2.45) is 0 Å². The highest BCUT2D eigenvalue weighted by Crippen LogP contribution is 2.30. The third-order valence-electron chi connectivity index (χ3n) is 3.87. The molecule has 0 aliphatic carbocycles. The molecule has 0 bridgehead atoms. The zero-order valence-corrected chi connectivity index (χ0v) is 16.4. The highest BCUT2D eigenvalue weighted by molar-refractivity contribution is 5.71. The minimum absolute atomic E-state index is 0.00182. The summed E-state index contributed by atoms with van der Waals surface area (Å²) in [6, 6.07) is 8.16. The van der Waals surface area contributed by atoms with E-state index in [4.69, 9.17) is 14.2 Å². The monoisotopic (exact) mass is 427 g/mol. The van der Waals surface area contributed by atoms with Gasteiger partial charge in [-0.2, -0.15) is 13.2 Å². The van der Waals surface area contributed by atoms with Gasteiger partial charge in [0.15, 0.2) is 0 Å². The Bertz CT molecular complexity index is 852. The molecule has 2 unspecified atom stereocenters. The van der Waals surface area contributed by atoms with Gasteiger partial charge in [0.25, 0.3) is 0 Å². The molecule has 0 aliphatic heterocycles. The number of aromatic nitrogens is 1. The molecule has 1 aromatic heterocycles. The van der Waals surface area contributed by atoms with Gasteiger partial charge in [0.1, 0.15) is 23.7 Å². The number of benzene rings is 1. The van der Waals surface area contributed by atoms with Crippen LogP contribution < -0.4 is 9.47 Å². The number of esters is 2. The van der Waals surface area contributed by atoms with Crippen LogP contribution in [0.1, 0.15) is 25.8 Å². The van der Waals surface area contributed by atoms with Crippen molar-refractivity contribution in [2.75, 3.05) is 7.11 Å². The second kappa shape index (κ2) is 9.95. The molecule has 1 aromatic carbocycles. The molecule has 2 atom stereocenters. The summed E-state index contributed by atoms with van der Waals surface area (Å²) in [7, 11) is 1.23. The average molecular weight is 427 g/mol. The highest BCUT2D eigenvalue weighted by atomic mass is 19.4. The Kier molecular flexibility index (Phi) is 7.62. The fourth-order valence-corrected chi connectivity index (χ4v) is 2.37. The molecule has 0 N–H and O–H groups in total. The van der Waals surface area contributed by atoms with Gasteiger partial charge in [-0.3, -0.25) is 9.59 Å². The number of alkyl halides is 3. The minimum Gasteiger partial charge on any atom is -0.487 e. The predicted octanol–water partition coefficient (Wildman–Crippen LogP) is 4.15. The molecule has 0 aliphatic rings. The summed E-state index contributed by atoms with van der Waals surface area (Å²) in [5.41, 5.74) is -0.873. The highest BCUT2D eigenvalue weighted by Gasteiger charge is 2.30. The maximum Gasteiger partial charge on any atom is 0.417 e. The summed E-state index contributed by atoms with van der Waals surface area (Å²) in [5.74, 6) is -0.389. The van der Waals surface area contributed by atoms with E-state index in [9.17, 15) is 22.8 Å². The first-order valence-corrected chi connectivity index (χ1v) is 8.80. The van der Waals surface area contributed by atoms with Crippen molar-refractivity contribution in [3.63, 3.8) is 0 Å². The van der Waals surface area contributed by atoms with Gasteiger partial charge in [-0.05, 0) is 37.3 Å². The summed E-state index contributed by atoms with van der Waals surface area (Å²) in [6.45, 7) is 2.85. The van der Waals surface area contributed by atoms with E-state index in [1.807, 2.05) is 0 Å². The number of rotatable bonds is 8. The van der Waals surface area contributed by atoms with Crippen LogP contribution >= 0.6 is 0 Å². The Labute approximate surface area is 170 Å². The van der Waals surface area contributed by atoms with Gasteiger partial charge < -0.3 is 18.9 Å². The zero-order valence-electron chi connectivity index (χ0n) is 16.4. The van der Waals surface area contributed by atoms with Gasteiger partial charge in [-0.15, -0.1) is 0 Å². The van der Waals surface area contributed by atoms with E-state index in [1.165, 1.54) is 26.2 Å². The quantitative estimate of drug-likeness (QED) is 0.585. The fourth-order valence-electron chi connectivity index (χ4n) is 2.37. The maximum atomic E-state index is 12.6. The number of halogens is 3. The number of pyridine rings is 1. The molecular formula is C20H20F3NO6. The van der Waals surface area contributed by atoms with Crippen LogP contribution in [0.4, 0.5) is 13.2 Å². The number of carbonyl (C=O) groups excluding carboxylic acids is 2. The first kappa shape index (κ1) is 23.0. The lowest BCUT2D eigenvalue weighted by Crippen LogP contribution is -2.35. The first-order valence-electron chi connectivity index (χ1n) is 8.80. The molecule has 0 radical (unpaired) electrons. The Hall–Kier alpha value is -3.30. The summed E-state index contributed by atoms with van der Waals surface area (Å²) < 4.78 is 58.5. The van der Waals surface area contributed by atoms with Crippen molar-refractivity contribution in [3.8, 4) is 17.4 Å². The summed E-state index contributed by atoms with van der Waals surface area (Å²) in [6.07, 6.45) is -5.46. The van der Waals surface area contributed by atoms with E-state index in [1.54, 1.807) is 19.1 Å². The van der Waals surface area contributed by atoms with E-state index in [2.05, 4.69) is 9.72 Å². The SMILES string of the molecule is COC(=O)CC(OC(C)=O)C(C)Oc1ccc(Oc2ccc(C(F)(F)F)cn2)cc1. The summed E-state index contributed by atoms with van der Waals surface area (Å²) in [4.78, 5) is 26.4. The standard InChI is InChI=1S/C20H20F3NO6/c1-12(17(29-13(2)25)10-19(26)27-3)28-15-5-7-16(8-6-15)30-18-9-4-14(11-24-18)20(21,22)23/h4-9,11-12,17H,10H2,1-3H3. The Morgan fingerprint density at radius 2 is 1.70 bits per heavy atom. The van der Waals surface area contributed by atoms with Crippen LogP contribution in [0.2, 0.25) is 0 Å². The van der Waals surface area contributed by atoms with Gasteiger partial charge in [-0.25, -0.2) is 4.98 Å². The van der Waals surface area contributed by atoms with Gasteiger partial charge in [-0.1, -0.05) is 0 Å². The van der Waals surface area contributed by atoms with E-state index < -0.39 is 35.9 Å². The normalized spacial score (nSPS) is 13.1. The van der Waals surface area contributed by atoms with Crippen LogP contribution in [-0.4, -0.2) is 36.2 Å². The topological polar surface area (TPSA) is 84.0 Å². The molecule has 0 fully saturated rings. The molecule has 162 valence electrons. The van der Waals surface area contributed by atoms with Crippen molar-refractivity contribution in [3.05, 3.63) is 48.2 Å². The number of hydrogen-bond acceptors (Lipinski definition) is 7. The summed E-state index contributed by atoms with van der Waals surface area (Å²) in [5, 5.41) is 0. The second-order valence-electron chi connectivity index (χ2n) is 6.21. The lowest BCUT2D eigenvalue weighted by molar-refractivity contribution is -0.156. The van der Waals surface area contributed by atoms with Crippen molar-refractivity contribution in [2.45, 2.75) is 38.7 Å².